The van der Waals surface area contributed by atoms with E-state index in [4.69, 9.17) is 16.3 Å². The molecule has 0 spiro atoms. The molecule has 0 saturated heterocycles. The number of benzene rings is 1. The Balaban J connectivity index is 2.70. The summed E-state index contributed by atoms with van der Waals surface area (Å²) < 4.78 is 5.33. The lowest BCUT2D eigenvalue weighted by Gasteiger charge is -2.13. The Morgan fingerprint density at radius 2 is 2.06 bits per heavy atom. The maximum absolute atomic E-state index is 11.7. The minimum absolute atomic E-state index is 0.0223. The molecule has 0 saturated carbocycles. The summed E-state index contributed by atoms with van der Waals surface area (Å²) in [5.41, 5.74) is 2.84. The number of rotatable bonds is 6. The molecule has 0 radical (unpaired) electrons. The van der Waals surface area contributed by atoms with Gasteiger partial charge in [0.25, 0.3) is 0 Å². The highest BCUT2D eigenvalue weighted by atomic mass is 35.5. The summed E-state index contributed by atoms with van der Waals surface area (Å²) in [5, 5.41) is 2.91. The van der Waals surface area contributed by atoms with Crippen molar-refractivity contribution in [2.75, 3.05) is 18.3 Å². The van der Waals surface area contributed by atoms with E-state index in [1.54, 1.807) is 7.11 Å². The van der Waals surface area contributed by atoms with Gasteiger partial charge in [-0.2, -0.15) is 0 Å². The number of nitrogens with one attached hydrogen (secondary N) is 1. The Bertz CT molecular complexity index is 419. The topological polar surface area (TPSA) is 38.3 Å². The first-order valence-electron chi connectivity index (χ1n) is 6.10. The minimum atomic E-state index is 0.0223. The number of ether oxygens (including phenoxy) is 1. The van der Waals surface area contributed by atoms with Crippen molar-refractivity contribution in [3.8, 4) is 5.75 Å². The fourth-order valence-electron chi connectivity index (χ4n) is 1.87. The lowest BCUT2D eigenvalue weighted by molar-refractivity contribution is -0.116. The molecule has 100 valence electrons. The van der Waals surface area contributed by atoms with Gasteiger partial charge in [-0.3, -0.25) is 4.79 Å². The van der Waals surface area contributed by atoms with E-state index >= 15 is 0 Å². The maximum atomic E-state index is 11.7. The molecule has 0 bridgehead atoms. The molecule has 1 N–H and O–H groups in total. The van der Waals surface area contributed by atoms with Crippen molar-refractivity contribution in [2.45, 2.75) is 33.1 Å². The molecule has 0 aliphatic heterocycles. The van der Waals surface area contributed by atoms with Crippen LogP contribution in [0.5, 0.6) is 5.75 Å². The third-order valence-corrected chi connectivity index (χ3v) is 3.14. The molecule has 1 aromatic carbocycles. The molecule has 1 rings (SSSR count). The van der Waals surface area contributed by atoms with Gasteiger partial charge in [-0.05, 0) is 38.3 Å². The van der Waals surface area contributed by atoms with E-state index in [1.807, 2.05) is 26.0 Å². The van der Waals surface area contributed by atoms with Gasteiger partial charge in [-0.25, -0.2) is 0 Å². The maximum Gasteiger partial charge on any atom is 0.224 e. The van der Waals surface area contributed by atoms with Crippen molar-refractivity contribution in [3.63, 3.8) is 0 Å². The van der Waals surface area contributed by atoms with Gasteiger partial charge >= 0.3 is 0 Å². The molecule has 0 unspecified atom stereocenters. The van der Waals surface area contributed by atoms with E-state index in [0.717, 1.165) is 35.4 Å². The lowest BCUT2D eigenvalue weighted by Crippen LogP contribution is -2.12. The number of carbonyl (C=O) groups is 1. The number of methoxy groups -OCH3 is 1. The van der Waals surface area contributed by atoms with Crippen LogP contribution in [-0.2, 0) is 4.79 Å². The second-order valence-corrected chi connectivity index (χ2v) is 4.66. The molecular formula is C14H20ClNO2. The van der Waals surface area contributed by atoms with Crippen LogP contribution in [0.25, 0.3) is 0 Å². The summed E-state index contributed by atoms with van der Waals surface area (Å²) in [7, 11) is 1.64. The molecule has 1 aromatic rings. The van der Waals surface area contributed by atoms with Crippen LogP contribution in [0.4, 0.5) is 5.69 Å². The molecule has 3 nitrogen and oxygen atoms in total. The predicted molar refractivity (Wildman–Crippen MR) is 75.7 cm³/mol. The third-order valence-electron chi connectivity index (χ3n) is 2.87. The largest absolute Gasteiger partial charge is 0.496 e. The van der Waals surface area contributed by atoms with E-state index in [2.05, 4.69) is 5.32 Å². The summed E-state index contributed by atoms with van der Waals surface area (Å²) in [6.07, 6.45) is 2.19. The Kier molecular flexibility index (Phi) is 5.99. The smallest absolute Gasteiger partial charge is 0.224 e. The number of anilines is 1. The predicted octanol–water partition coefficient (Wildman–Crippen LogP) is 3.66. The zero-order chi connectivity index (χ0) is 13.5. The molecule has 0 atom stereocenters. The van der Waals surface area contributed by atoms with Gasteiger partial charge in [0.1, 0.15) is 5.75 Å². The number of halogens is 1. The first-order valence-corrected chi connectivity index (χ1v) is 6.63. The molecule has 0 heterocycles. The zero-order valence-corrected chi connectivity index (χ0v) is 11.9. The number of unbranched alkanes of at least 4 members (excludes halogenated alkanes) is 1. The number of carbonyl (C=O) groups excluding carboxylic acids is 1. The standard InChI is InChI=1S/C14H20ClNO2/c1-10-7-8-12(11(2)14(10)18-3)16-13(17)6-4-5-9-15/h7-8H,4-6,9H2,1-3H3,(H,16,17). The average molecular weight is 270 g/mol. The van der Waals surface area contributed by atoms with Gasteiger partial charge in [0.15, 0.2) is 0 Å². The van der Waals surface area contributed by atoms with Crippen LogP contribution in [-0.4, -0.2) is 18.9 Å². The molecule has 18 heavy (non-hydrogen) atoms. The van der Waals surface area contributed by atoms with Gasteiger partial charge in [-0.1, -0.05) is 6.07 Å². The normalized spacial score (nSPS) is 10.2. The molecule has 1 amide bonds. The monoisotopic (exact) mass is 269 g/mol. The fourth-order valence-corrected chi connectivity index (χ4v) is 2.06. The van der Waals surface area contributed by atoms with Crippen LogP contribution in [0, 0.1) is 13.8 Å². The highest BCUT2D eigenvalue weighted by Gasteiger charge is 2.10. The Hall–Kier alpha value is -1.22. The molecular weight excluding hydrogens is 250 g/mol. The van der Waals surface area contributed by atoms with Crippen molar-refractivity contribution in [1.29, 1.82) is 0 Å². The quantitative estimate of drug-likeness (QED) is 0.632. The summed E-state index contributed by atoms with van der Waals surface area (Å²) in [6.45, 7) is 3.93. The third kappa shape index (κ3) is 3.91. The van der Waals surface area contributed by atoms with Crippen molar-refractivity contribution < 1.29 is 9.53 Å². The number of amides is 1. The second-order valence-electron chi connectivity index (χ2n) is 4.28. The summed E-state index contributed by atoms with van der Waals surface area (Å²) in [5.74, 6) is 1.45. The molecule has 0 aliphatic carbocycles. The van der Waals surface area contributed by atoms with Crippen LogP contribution >= 0.6 is 11.6 Å². The molecule has 0 aromatic heterocycles. The number of hydrogen-bond donors (Lipinski definition) is 1. The van der Waals surface area contributed by atoms with E-state index in [9.17, 15) is 4.79 Å². The van der Waals surface area contributed by atoms with E-state index < -0.39 is 0 Å². The van der Waals surface area contributed by atoms with Crippen molar-refractivity contribution >= 4 is 23.2 Å². The lowest BCUT2D eigenvalue weighted by atomic mass is 10.1. The van der Waals surface area contributed by atoms with Crippen LogP contribution in [0.3, 0.4) is 0 Å². The Morgan fingerprint density at radius 3 is 2.67 bits per heavy atom. The van der Waals surface area contributed by atoms with Gasteiger partial charge in [0.05, 0.1) is 7.11 Å². The van der Waals surface area contributed by atoms with E-state index in [1.165, 1.54) is 0 Å². The van der Waals surface area contributed by atoms with Crippen molar-refractivity contribution in [1.82, 2.24) is 0 Å². The number of hydrogen-bond acceptors (Lipinski definition) is 2. The van der Waals surface area contributed by atoms with Gasteiger partial charge < -0.3 is 10.1 Å². The van der Waals surface area contributed by atoms with Crippen LogP contribution in [0.15, 0.2) is 12.1 Å². The first-order chi connectivity index (χ1) is 8.60. The second kappa shape index (κ2) is 7.27. The Morgan fingerprint density at radius 1 is 1.33 bits per heavy atom. The van der Waals surface area contributed by atoms with Crippen molar-refractivity contribution in [2.24, 2.45) is 0 Å². The molecule has 4 heteroatoms. The average Bonchev–Trinajstić information content (AvgIpc) is 2.34. The molecule has 0 aliphatic rings. The van der Waals surface area contributed by atoms with Gasteiger partial charge in [-0.15, -0.1) is 11.6 Å². The minimum Gasteiger partial charge on any atom is -0.496 e. The van der Waals surface area contributed by atoms with Crippen LogP contribution < -0.4 is 10.1 Å². The highest BCUT2D eigenvalue weighted by molar-refractivity contribution is 6.17. The molecule has 0 fully saturated rings. The van der Waals surface area contributed by atoms with Gasteiger partial charge in [0.2, 0.25) is 5.91 Å². The van der Waals surface area contributed by atoms with E-state index in [-0.39, 0.29) is 5.91 Å². The highest BCUT2D eigenvalue weighted by Crippen LogP contribution is 2.29. The number of aryl methyl sites for hydroxylation is 1. The summed E-state index contributed by atoms with van der Waals surface area (Å²) in [4.78, 5) is 11.7. The van der Waals surface area contributed by atoms with Gasteiger partial charge in [0, 0.05) is 23.6 Å². The van der Waals surface area contributed by atoms with Crippen LogP contribution in [0.2, 0.25) is 0 Å². The van der Waals surface area contributed by atoms with Crippen LogP contribution in [0.1, 0.15) is 30.4 Å². The SMILES string of the molecule is COc1c(C)ccc(NC(=O)CCCCCl)c1C. The summed E-state index contributed by atoms with van der Waals surface area (Å²) >= 11 is 5.58. The number of alkyl halides is 1. The van der Waals surface area contributed by atoms with E-state index in [0.29, 0.717) is 12.3 Å². The van der Waals surface area contributed by atoms with Crippen molar-refractivity contribution in [3.05, 3.63) is 23.3 Å². The fraction of sp³-hybridized carbons (Fsp3) is 0.500. The summed E-state index contributed by atoms with van der Waals surface area (Å²) in [6, 6.07) is 3.85. The Labute approximate surface area is 113 Å². The first kappa shape index (κ1) is 14.8. The zero-order valence-electron chi connectivity index (χ0n) is 11.2.